The molecule has 0 aliphatic heterocycles. The summed E-state index contributed by atoms with van der Waals surface area (Å²) in [6, 6.07) is 7.61. The maximum Gasteiger partial charge on any atom is 0.306 e. The minimum Gasteiger partial charge on any atom is -0.492 e. The molecule has 0 saturated heterocycles. The van der Waals surface area contributed by atoms with Gasteiger partial charge in [-0.1, -0.05) is 24.8 Å². The first-order chi connectivity index (χ1) is 8.24. The predicted octanol–water partition coefficient (Wildman–Crippen LogP) is 3.34. The monoisotopic (exact) mass is 298 g/mol. The highest BCUT2D eigenvalue weighted by Gasteiger charge is 2.03. The van der Waals surface area contributed by atoms with Crippen molar-refractivity contribution in [2.24, 2.45) is 0 Å². The van der Waals surface area contributed by atoms with Crippen molar-refractivity contribution < 1.29 is 14.3 Å². The van der Waals surface area contributed by atoms with Crippen LogP contribution in [0.3, 0.4) is 0 Å². The lowest BCUT2D eigenvalue weighted by molar-refractivity contribution is -0.142. The molecule has 1 aromatic carbocycles. The summed E-state index contributed by atoms with van der Waals surface area (Å²) < 4.78 is 11.3. The van der Waals surface area contributed by atoms with Crippen molar-refractivity contribution in [3.05, 3.63) is 41.4 Å². The van der Waals surface area contributed by atoms with Crippen LogP contribution < -0.4 is 4.74 Å². The Labute approximate surface area is 110 Å². The van der Waals surface area contributed by atoms with E-state index in [9.17, 15) is 4.79 Å². The van der Waals surface area contributed by atoms with Crippen molar-refractivity contribution in [3.63, 3.8) is 0 Å². The molecule has 0 aliphatic rings. The first-order valence-corrected chi connectivity index (χ1v) is 6.17. The van der Waals surface area contributed by atoms with Crippen LogP contribution in [0, 0.1) is 0 Å². The van der Waals surface area contributed by atoms with Crippen LogP contribution in [0.15, 0.2) is 41.4 Å². The van der Waals surface area contributed by atoms with Crippen LogP contribution in [0.2, 0.25) is 0 Å². The summed E-state index contributed by atoms with van der Waals surface area (Å²) in [6.07, 6.45) is 2.55. The van der Waals surface area contributed by atoms with E-state index in [0.29, 0.717) is 19.4 Å². The predicted molar refractivity (Wildman–Crippen MR) is 70.0 cm³/mol. The van der Waals surface area contributed by atoms with Gasteiger partial charge in [0.05, 0.1) is 11.1 Å². The number of benzene rings is 1. The summed E-state index contributed by atoms with van der Waals surface area (Å²) in [5, 5.41) is 0. The molecule has 0 saturated carbocycles. The fourth-order valence-corrected chi connectivity index (χ4v) is 1.58. The molecule has 0 N–H and O–H groups in total. The Morgan fingerprint density at radius 1 is 1.41 bits per heavy atom. The van der Waals surface area contributed by atoms with Gasteiger partial charge in [-0.15, -0.1) is 0 Å². The minimum atomic E-state index is -0.222. The lowest BCUT2D eigenvalue weighted by Gasteiger charge is -2.07. The highest BCUT2D eigenvalue weighted by Crippen LogP contribution is 2.23. The van der Waals surface area contributed by atoms with Gasteiger partial charge >= 0.3 is 5.97 Å². The maximum atomic E-state index is 11.1. The first-order valence-electron chi connectivity index (χ1n) is 5.38. The summed E-state index contributed by atoms with van der Waals surface area (Å²) in [5.41, 5.74) is 0. The van der Waals surface area contributed by atoms with E-state index in [2.05, 4.69) is 22.5 Å². The molecule has 1 rings (SSSR count). The molecule has 92 valence electrons. The van der Waals surface area contributed by atoms with Gasteiger partial charge in [-0.05, 0) is 34.5 Å². The Morgan fingerprint density at radius 3 is 2.88 bits per heavy atom. The molecule has 0 spiro atoms. The van der Waals surface area contributed by atoms with E-state index in [1.165, 1.54) is 0 Å². The summed E-state index contributed by atoms with van der Waals surface area (Å²) in [6.45, 7) is 4.23. The van der Waals surface area contributed by atoms with Gasteiger partial charge in [0.15, 0.2) is 0 Å². The topological polar surface area (TPSA) is 35.5 Å². The van der Waals surface area contributed by atoms with E-state index in [1.807, 2.05) is 24.3 Å². The Bertz CT molecular complexity index is 377. The molecule has 0 aromatic heterocycles. The normalized spacial score (nSPS) is 9.71. The molecule has 0 amide bonds. The molecule has 4 heteroatoms. The number of rotatable bonds is 7. The molecule has 0 atom stereocenters. The zero-order valence-corrected chi connectivity index (χ0v) is 11.1. The Balaban J connectivity index is 2.18. The average Bonchev–Trinajstić information content (AvgIpc) is 2.34. The number of esters is 1. The van der Waals surface area contributed by atoms with Crippen molar-refractivity contribution in [1.82, 2.24) is 0 Å². The van der Waals surface area contributed by atoms with Gasteiger partial charge in [-0.25, -0.2) is 0 Å². The highest BCUT2D eigenvalue weighted by atomic mass is 79.9. The van der Waals surface area contributed by atoms with Gasteiger partial charge in [-0.2, -0.15) is 0 Å². The molecule has 0 unspecified atom stereocenters. The van der Waals surface area contributed by atoms with Gasteiger partial charge in [-0.3, -0.25) is 4.79 Å². The fourth-order valence-electron chi connectivity index (χ4n) is 1.18. The Hall–Kier alpha value is -1.29. The highest BCUT2D eigenvalue weighted by molar-refractivity contribution is 9.10. The van der Waals surface area contributed by atoms with Gasteiger partial charge in [0.25, 0.3) is 0 Å². The number of halogens is 1. The van der Waals surface area contributed by atoms with Crippen LogP contribution in [0.25, 0.3) is 0 Å². The second kappa shape index (κ2) is 7.90. The third kappa shape index (κ3) is 5.54. The van der Waals surface area contributed by atoms with Gasteiger partial charge in [0.1, 0.15) is 12.4 Å². The molecule has 0 fully saturated rings. The van der Waals surface area contributed by atoms with Crippen LogP contribution >= 0.6 is 15.9 Å². The average molecular weight is 299 g/mol. The van der Waals surface area contributed by atoms with Gasteiger partial charge in [0.2, 0.25) is 0 Å². The third-order valence-corrected chi connectivity index (χ3v) is 2.64. The van der Waals surface area contributed by atoms with E-state index in [4.69, 9.17) is 9.47 Å². The van der Waals surface area contributed by atoms with Crippen molar-refractivity contribution in [2.75, 3.05) is 13.2 Å². The lowest BCUT2D eigenvalue weighted by Crippen LogP contribution is -2.07. The summed E-state index contributed by atoms with van der Waals surface area (Å²) in [5.74, 6) is 0.563. The van der Waals surface area contributed by atoms with Crippen LogP contribution in [0.4, 0.5) is 0 Å². The van der Waals surface area contributed by atoms with E-state index in [-0.39, 0.29) is 12.6 Å². The number of para-hydroxylation sites is 1. The zero-order valence-electron chi connectivity index (χ0n) is 9.52. The molecule has 1 aromatic rings. The summed E-state index contributed by atoms with van der Waals surface area (Å²) in [4.78, 5) is 11.1. The van der Waals surface area contributed by atoms with Crippen molar-refractivity contribution in [1.29, 1.82) is 0 Å². The van der Waals surface area contributed by atoms with Gasteiger partial charge in [0, 0.05) is 6.42 Å². The lowest BCUT2D eigenvalue weighted by atomic mass is 10.3. The summed E-state index contributed by atoms with van der Waals surface area (Å²) >= 11 is 3.38. The van der Waals surface area contributed by atoms with Crippen LogP contribution in [-0.2, 0) is 9.53 Å². The molecule has 0 heterocycles. The van der Waals surface area contributed by atoms with E-state index in [1.54, 1.807) is 6.08 Å². The standard InChI is InChI=1S/C13H15BrO3/c1-2-9-17-13(15)8-5-10-16-12-7-4-3-6-11(12)14/h2-4,6-7H,1,5,8-10H2. The SMILES string of the molecule is C=CCOC(=O)CCCOc1ccccc1Br. The van der Waals surface area contributed by atoms with Crippen LogP contribution in [0.5, 0.6) is 5.75 Å². The molecular weight excluding hydrogens is 284 g/mol. The molecule has 0 aliphatic carbocycles. The number of hydrogen-bond acceptors (Lipinski definition) is 3. The maximum absolute atomic E-state index is 11.1. The summed E-state index contributed by atoms with van der Waals surface area (Å²) in [7, 11) is 0. The zero-order chi connectivity index (χ0) is 12.5. The van der Waals surface area contributed by atoms with E-state index >= 15 is 0 Å². The van der Waals surface area contributed by atoms with Crippen molar-refractivity contribution in [2.45, 2.75) is 12.8 Å². The largest absolute Gasteiger partial charge is 0.492 e. The minimum absolute atomic E-state index is 0.222. The van der Waals surface area contributed by atoms with Crippen LogP contribution in [-0.4, -0.2) is 19.2 Å². The number of ether oxygens (including phenoxy) is 2. The molecule has 0 bridgehead atoms. The Kier molecular flexibility index (Phi) is 6.40. The second-order valence-corrected chi connectivity index (χ2v) is 4.21. The van der Waals surface area contributed by atoms with Gasteiger partial charge < -0.3 is 9.47 Å². The Morgan fingerprint density at radius 2 is 2.18 bits per heavy atom. The molecule has 3 nitrogen and oxygen atoms in total. The van der Waals surface area contributed by atoms with Crippen molar-refractivity contribution in [3.8, 4) is 5.75 Å². The molecule has 17 heavy (non-hydrogen) atoms. The quantitative estimate of drug-likeness (QED) is 0.440. The van der Waals surface area contributed by atoms with E-state index < -0.39 is 0 Å². The number of carbonyl (C=O) groups is 1. The van der Waals surface area contributed by atoms with Crippen molar-refractivity contribution >= 4 is 21.9 Å². The second-order valence-electron chi connectivity index (χ2n) is 3.35. The smallest absolute Gasteiger partial charge is 0.306 e. The molecular formula is C13H15BrO3. The number of hydrogen-bond donors (Lipinski definition) is 0. The number of carbonyl (C=O) groups excluding carboxylic acids is 1. The third-order valence-electron chi connectivity index (χ3n) is 1.98. The first kappa shape index (κ1) is 13.8. The fraction of sp³-hybridized carbons (Fsp3) is 0.308. The van der Waals surface area contributed by atoms with Crippen LogP contribution in [0.1, 0.15) is 12.8 Å². The van der Waals surface area contributed by atoms with E-state index in [0.717, 1.165) is 10.2 Å². The molecule has 0 radical (unpaired) electrons.